The summed E-state index contributed by atoms with van der Waals surface area (Å²) in [5.41, 5.74) is 1.83. The molecular formula is C25H27ClFN5OS. The lowest BCUT2D eigenvalue weighted by Gasteiger charge is -2.30. The van der Waals surface area contributed by atoms with Crippen molar-refractivity contribution in [1.29, 1.82) is 0 Å². The smallest absolute Gasteiger partial charge is 0.246 e. The fourth-order valence-electron chi connectivity index (χ4n) is 4.78. The van der Waals surface area contributed by atoms with Gasteiger partial charge in [0.15, 0.2) is 0 Å². The first-order chi connectivity index (χ1) is 16.5. The van der Waals surface area contributed by atoms with E-state index in [-0.39, 0.29) is 10.9 Å². The molecule has 1 N–H and O–H groups in total. The van der Waals surface area contributed by atoms with Crippen molar-refractivity contribution < 1.29 is 9.18 Å². The molecule has 0 saturated carbocycles. The molecule has 3 aromatic rings. The second-order valence-corrected chi connectivity index (χ2v) is 10.6. The van der Waals surface area contributed by atoms with Crippen LogP contribution in [0.2, 0.25) is 5.02 Å². The van der Waals surface area contributed by atoms with Crippen molar-refractivity contribution in [2.45, 2.75) is 32.7 Å². The second kappa shape index (κ2) is 9.98. The third-order valence-electron chi connectivity index (χ3n) is 6.50. The molecule has 0 spiro atoms. The Morgan fingerprint density at radius 3 is 3.06 bits per heavy atom. The van der Waals surface area contributed by atoms with E-state index < -0.39 is 5.82 Å². The minimum Gasteiger partial charge on any atom is -0.340 e. The summed E-state index contributed by atoms with van der Waals surface area (Å²) in [4.78, 5) is 28.0. The monoisotopic (exact) mass is 499 g/mol. The molecule has 1 amide bonds. The van der Waals surface area contributed by atoms with Crippen LogP contribution in [0.4, 0.5) is 15.9 Å². The van der Waals surface area contributed by atoms with Gasteiger partial charge in [-0.05, 0) is 55.5 Å². The summed E-state index contributed by atoms with van der Waals surface area (Å²) in [7, 11) is 0. The second-order valence-electron chi connectivity index (χ2n) is 9.08. The first kappa shape index (κ1) is 23.2. The Morgan fingerprint density at radius 1 is 1.35 bits per heavy atom. The van der Waals surface area contributed by atoms with E-state index in [1.54, 1.807) is 29.5 Å². The van der Waals surface area contributed by atoms with Crippen molar-refractivity contribution >= 4 is 50.6 Å². The number of hydrogen-bond donors (Lipinski definition) is 1. The standard InChI is InChI=1S/C25H27ClFN5OS/c1-16-4-2-9-31(13-16)10-3-5-22(33)32-11-8-18-21(14-32)34-25-23(18)24(28-15-29-25)30-17-6-7-20(27)19(26)12-17/h3,5-7,12,15-16H,2,4,8-11,13-14H2,1H3,(H,28,29,30). The highest BCUT2D eigenvalue weighted by atomic mass is 35.5. The van der Waals surface area contributed by atoms with Crippen molar-refractivity contribution in [3.05, 3.63) is 58.0 Å². The van der Waals surface area contributed by atoms with E-state index in [1.165, 1.54) is 30.8 Å². The third kappa shape index (κ3) is 4.94. The number of halogens is 2. The maximum absolute atomic E-state index is 13.5. The number of nitrogens with zero attached hydrogens (tertiary/aromatic N) is 4. The molecule has 2 aliphatic heterocycles. The number of fused-ring (bicyclic) bond motifs is 3. The molecule has 1 unspecified atom stereocenters. The number of hydrogen-bond acceptors (Lipinski definition) is 6. The van der Waals surface area contributed by atoms with Gasteiger partial charge in [-0.1, -0.05) is 24.6 Å². The highest BCUT2D eigenvalue weighted by Gasteiger charge is 2.25. The fourth-order valence-corrected chi connectivity index (χ4v) is 6.17. The van der Waals surface area contributed by atoms with E-state index in [1.807, 2.05) is 11.0 Å². The molecule has 1 atom stereocenters. The average molecular weight is 500 g/mol. The Morgan fingerprint density at radius 2 is 2.24 bits per heavy atom. The number of anilines is 2. The number of amides is 1. The summed E-state index contributed by atoms with van der Waals surface area (Å²) in [6.07, 6.45) is 8.52. The number of carbonyl (C=O) groups is 1. The first-order valence-corrected chi connectivity index (χ1v) is 12.8. The number of rotatable bonds is 5. The van der Waals surface area contributed by atoms with Gasteiger partial charge in [0.25, 0.3) is 0 Å². The minimum absolute atomic E-state index is 0.0542. The van der Waals surface area contributed by atoms with Crippen LogP contribution in [0.3, 0.4) is 0 Å². The molecule has 5 rings (SSSR count). The van der Waals surface area contributed by atoms with Gasteiger partial charge in [-0.3, -0.25) is 9.69 Å². The fraction of sp³-hybridized carbons (Fsp3) is 0.400. The van der Waals surface area contributed by atoms with Gasteiger partial charge in [-0.2, -0.15) is 0 Å². The number of likely N-dealkylation sites (tertiary alicyclic amines) is 1. The molecule has 1 aromatic carbocycles. The van der Waals surface area contributed by atoms with Crippen LogP contribution >= 0.6 is 22.9 Å². The molecule has 178 valence electrons. The molecule has 2 aliphatic rings. The molecule has 9 heteroatoms. The maximum Gasteiger partial charge on any atom is 0.246 e. The highest BCUT2D eigenvalue weighted by molar-refractivity contribution is 7.19. The van der Waals surface area contributed by atoms with Gasteiger partial charge >= 0.3 is 0 Å². The van der Waals surface area contributed by atoms with Crippen LogP contribution in [-0.2, 0) is 17.8 Å². The number of aromatic nitrogens is 2. The van der Waals surface area contributed by atoms with Gasteiger partial charge in [0.2, 0.25) is 5.91 Å². The van der Waals surface area contributed by atoms with E-state index in [0.717, 1.165) is 47.1 Å². The zero-order valence-electron chi connectivity index (χ0n) is 19.1. The topological polar surface area (TPSA) is 61.4 Å². The van der Waals surface area contributed by atoms with E-state index in [9.17, 15) is 9.18 Å². The summed E-state index contributed by atoms with van der Waals surface area (Å²) >= 11 is 7.53. The molecule has 4 heterocycles. The minimum atomic E-state index is -0.461. The molecule has 1 fully saturated rings. The largest absolute Gasteiger partial charge is 0.340 e. The predicted octanol–water partition coefficient (Wildman–Crippen LogP) is 5.40. The SMILES string of the molecule is CC1CCCN(CC=CC(=O)N2CCc3c(sc4ncnc(Nc5ccc(F)c(Cl)c5)c34)C2)C1. The van der Waals surface area contributed by atoms with E-state index >= 15 is 0 Å². The number of carbonyl (C=O) groups excluding carboxylic acids is 1. The Hall–Kier alpha value is -2.55. The Bertz CT molecular complexity index is 1250. The number of benzene rings is 1. The van der Waals surface area contributed by atoms with Crippen molar-refractivity contribution in [3.8, 4) is 0 Å². The van der Waals surface area contributed by atoms with Gasteiger partial charge in [0.05, 0.1) is 17.0 Å². The van der Waals surface area contributed by atoms with Crippen molar-refractivity contribution in [2.75, 3.05) is 31.5 Å². The average Bonchev–Trinajstić information content (AvgIpc) is 3.20. The molecule has 0 aliphatic carbocycles. The van der Waals surface area contributed by atoms with Crippen LogP contribution in [-0.4, -0.2) is 51.9 Å². The molecule has 2 aromatic heterocycles. The van der Waals surface area contributed by atoms with Crippen molar-refractivity contribution in [2.24, 2.45) is 5.92 Å². The molecule has 0 radical (unpaired) electrons. The summed E-state index contributed by atoms with van der Waals surface area (Å²) in [5, 5.41) is 4.27. The zero-order chi connectivity index (χ0) is 23.7. The third-order valence-corrected chi connectivity index (χ3v) is 7.91. The first-order valence-electron chi connectivity index (χ1n) is 11.6. The number of thiophene rings is 1. The van der Waals surface area contributed by atoms with E-state index in [4.69, 9.17) is 11.6 Å². The maximum atomic E-state index is 13.5. The lowest BCUT2D eigenvalue weighted by Crippen LogP contribution is -2.35. The Kier molecular flexibility index (Phi) is 6.81. The highest BCUT2D eigenvalue weighted by Crippen LogP contribution is 2.38. The van der Waals surface area contributed by atoms with Crippen LogP contribution in [0.5, 0.6) is 0 Å². The quantitative estimate of drug-likeness (QED) is 0.476. The van der Waals surface area contributed by atoms with E-state index in [2.05, 4.69) is 27.1 Å². The summed E-state index contributed by atoms with van der Waals surface area (Å²) in [6.45, 7) is 6.56. The zero-order valence-corrected chi connectivity index (χ0v) is 20.6. The molecule has 34 heavy (non-hydrogen) atoms. The molecular weight excluding hydrogens is 473 g/mol. The molecule has 6 nitrogen and oxygen atoms in total. The lowest BCUT2D eigenvalue weighted by molar-refractivity contribution is -0.126. The van der Waals surface area contributed by atoms with Crippen LogP contribution < -0.4 is 5.32 Å². The van der Waals surface area contributed by atoms with Gasteiger partial charge < -0.3 is 10.2 Å². The van der Waals surface area contributed by atoms with Crippen LogP contribution in [0, 0.1) is 11.7 Å². The van der Waals surface area contributed by atoms with Gasteiger partial charge in [-0.25, -0.2) is 14.4 Å². The molecule has 1 saturated heterocycles. The normalized spacial score (nSPS) is 19.0. The summed E-state index contributed by atoms with van der Waals surface area (Å²) in [6, 6.07) is 4.50. The number of nitrogens with one attached hydrogen (secondary N) is 1. The molecule has 0 bridgehead atoms. The Balaban J connectivity index is 1.29. The van der Waals surface area contributed by atoms with Crippen LogP contribution in [0.1, 0.15) is 30.2 Å². The lowest BCUT2D eigenvalue weighted by atomic mass is 10.0. The van der Waals surface area contributed by atoms with Crippen molar-refractivity contribution in [3.63, 3.8) is 0 Å². The van der Waals surface area contributed by atoms with E-state index in [0.29, 0.717) is 24.6 Å². The van der Waals surface area contributed by atoms with Gasteiger partial charge in [-0.15, -0.1) is 11.3 Å². The van der Waals surface area contributed by atoms with Gasteiger partial charge in [0, 0.05) is 36.3 Å². The predicted molar refractivity (Wildman–Crippen MR) is 135 cm³/mol. The van der Waals surface area contributed by atoms with Gasteiger partial charge in [0.1, 0.15) is 22.8 Å². The Labute approximate surface area is 207 Å². The van der Waals surface area contributed by atoms with Crippen molar-refractivity contribution in [1.82, 2.24) is 19.8 Å². The number of piperidine rings is 1. The summed E-state index contributed by atoms with van der Waals surface area (Å²) in [5.74, 6) is 0.991. The summed E-state index contributed by atoms with van der Waals surface area (Å²) < 4.78 is 13.5. The van der Waals surface area contributed by atoms with Crippen LogP contribution in [0.15, 0.2) is 36.7 Å². The van der Waals surface area contributed by atoms with Crippen LogP contribution in [0.25, 0.3) is 10.2 Å².